The van der Waals surface area contributed by atoms with Crippen LogP contribution >= 0.6 is 0 Å². The molecule has 0 saturated heterocycles. The Kier molecular flexibility index (Phi) is 4.23. The molecule has 1 unspecified atom stereocenters. The van der Waals surface area contributed by atoms with Crippen LogP contribution in [0.3, 0.4) is 0 Å². The lowest BCUT2D eigenvalue weighted by Gasteiger charge is -2.10. The van der Waals surface area contributed by atoms with Crippen LogP contribution in [0.25, 0.3) is 0 Å². The number of rotatable bonds is 4. The maximum Gasteiger partial charge on any atom is 0.119 e. The van der Waals surface area contributed by atoms with E-state index in [1.54, 1.807) is 0 Å². The van der Waals surface area contributed by atoms with Crippen LogP contribution < -0.4 is 10.5 Å². The van der Waals surface area contributed by atoms with E-state index in [2.05, 4.69) is 32.0 Å². The number of hydrogen-bond acceptors (Lipinski definition) is 2. The molecule has 2 N–H and O–H groups in total. The van der Waals surface area contributed by atoms with E-state index in [-0.39, 0.29) is 6.04 Å². The van der Waals surface area contributed by atoms with E-state index in [1.807, 2.05) is 31.2 Å². The fourth-order valence-electron chi connectivity index (χ4n) is 2.19. The highest BCUT2D eigenvalue weighted by atomic mass is 16.5. The van der Waals surface area contributed by atoms with E-state index in [9.17, 15) is 0 Å². The number of nitrogens with two attached hydrogens (primary N) is 1. The molecule has 19 heavy (non-hydrogen) atoms. The average molecular weight is 255 g/mol. The number of hydrogen-bond donors (Lipinski definition) is 1. The SMILES string of the molecule is Cc1cc(C)cc(COc2ccc(C(C)N)cc2)c1. The molecule has 0 aliphatic heterocycles. The fraction of sp³-hybridized carbons (Fsp3) is 0.294. The number of ether oxygens (including phenoxy) is 1. The summed E-state index contributed by atoms with van der Waals surface area (Å²) >= 11 is 0. The van der Waals surface area contributed by atoms with Crippen LogP contribution in [0.1, 0.15) is 35.2 Å². The molecular formula is C17H21NO. The lowest BCUT2D eigenvalue weighted by atomic mass is 10.1. The van der Waals surface area contributed by atoms with Crippen LogP contribution in [-0.4, -0.2) is 0 Å². The van der Waals surface area contributed by atoms with E-state index in [0.29, 0.717) is 6.61 Å². The van der Waals surface area contributed by atoms with Crippen molar-refractivity contribution in [2.24, 2.45) is 5.73 Å². The molecule has 0 amide bonds. The third-order valence-corrected chi connectivity index (χ3v) is 3.09. The van der Waals surface area contributed by atoms with Gasteiger partial charge in [0.25, 0.3) is 0 Å². The van der Waals surface area contributed by atoms with Crippen LogP contribution in [0.4, 0.5) is 0 Å². The molecule has 2 rings (SSSR count). The first-order valence-electron chi connectivity index (χ1n) is 6.60. The highest BCUT2D eigenvalue weighted by Gasteiger charge is 2.01. The molecule has 0 fully saturated rings. The molecule has 0 aliphatic carbocycles. The van der Waals surface area contributed by atoms with E-state index >= 15 is 0 Å². The van der Waals surface area contributed by atoms with Gasteiger partial charge in [-0.1, -0.05) is 41.5 Å². The normalized spacial score (nSPS) is 12.2. The third-order valence-electron chi connectivity index (χ3n) is 3.09. The van der Waals surface area contributed by atoms with E-state index in [1.165, 1.54) is 16.7 Å². The highest BCUT2D eigenvalue weighted by Crippen LogP contribution is 2.18. The van der Waals surface area contributed by atoms with Gasteiger partial charge in [0.15, 0.2) is 0 Å². The lowest BCUT2D eigenvalue weighted by Crippen LogP contribution is -2.04. The molecule has 0 aromatic heterocycles. The molecule has 2 heteroatoms. The standard InChI is InChI=1S/C17H21NO/c1-12-8-13(2)10-15(9-12)11-19-17-6-4-16(5-7-17)14(3)18/h4-10,14H,11,18H2,1-3H3. The maximum atomic E-state index is 5.82. The minimum Gasteiger partial charge on any atom is -0.489 e. The van der Waals surface area contributed by atoms with Crippen molar-refractivity contribution in [1.29, 1.82) is 0 Å². The van der Waals surface area contributed by atoms with Gasteiger partial charge in [-0.2, -0.15) is 0 Å². The second kappa shape index (κ2) is 5.89. The Morgan fingerprint density at radius 2 is 1.58 bits per heavy atom. The first kappa shape index (κ1) is 13.6. The van der Waals surface area contributed by atoms with Crippen LogP contribution in [-0.2, 0) is 6.61 Å². The van der Waals surface area contributed by atoms with Gasteiger partial charge in [0.1, 0.15) is 12.4 Å². The number of benzene rings is 2. The quantitative estimate of drug-likeness (QED) is 0.899. The molecular weight excluding hydrogens is 234 g/mol. The van der Waals surface area contributed by atoms with E-state index in [0.717, 1.165) is 11.3 Å². The van der Waals surface area contributed by atoms with Crippen LogP contribution in [0.5, 0.6) is 5.75 Å². The monoisotopic (exact) mass is 255 g/mol. The van der Waals surface area contributed by atoms with Gasteiger partial charge in [0.2, 0.25) is 0 Å². The van der Waals surface area contributed by atoms with Crippen molar-refractivity contribution in [3.8, 4) is 5.75 Å². The molecule has 2 aromatic rings. The van der Waals surface area contributed by atoms with Crippen LogP contribution in [0.2, 0.25) is 0 Å². The molecule has 0 radical (unpaired) electrons. The Bertz CT molecular complexity index is 523. The molecule has 0 saturated carbocycles. The van der Waals surface area contributed by atoms with Crippen molar-refractivity contribution < 1.29 is 4.74 Å². The van der Waals surface area contributed by atoms with Crippen LogP contribution in [0, 0.1) is 13.8 Å². The molecule has 0 spiro atoms. The summed E-state index contributed by atoms with van der Waals surface area (Å²) in [4.78, 5) is 0. The topological polar surface area (TPSA) is 35.2 Å². The summed E-state index contributed by atoms with van der Waals surface area (Å²) in [5.41, 5.74) is 10.7. The zero-order valence-corrected chi connectivity index (χ0v) is 11.8. The molecule has 0 bridgehead atoms. The summed E-state index contributed by atoms with van der Waals surface area (Å²) in [5.74, 6) is 0.878. The fourth-order valence-corrected chi connectivity index (χ4v) is 2.19. The molecule has 2 nitrogen and oxygen atoms in total. The Hall–Kier alpha value is -1.80. The molecule has 100 valence electrons. The first-order chi connectivity index (χ1) is 9.04. The molecule has 0 heterocycles. The van der Waals surface area contributed by atoms with Crippen molar-refractivity contribution in [3.63, 3.8) is 0 Å². The second-order valence-corrected chi connectivity index (χ2v) is 5.14. The summed E-state index contributed by atoms with van der Waals surface area (Å²) in [5, 5.41) is 0. The lowest BCUT2D eigenvalue weighted by molar-refractivity contribution is 0.306. The van der Waals surface area contributed by atoms with Gasteiger partial charge in [0, 0.05) is 6.04 Å². The molecule has 1 atom stereocenters. The average Bonchev–Trinajstić information content (AvgIpc) is 2.36. The zero-order valence-electron chi connectivity index (χ0n) is 11.8. The molecule has 0 aliphatic rings. The van der Waals surface area contributed by atoms with Gasteiger partial charge in [-0.15, -0.1) is 0 Å². The number of aryl methyl sites for hydroxylation is 2. The van der Waals surface area contributed by atoms with Gasteiger partial charge in [-0.3, -0.25) is 0 Å². The Morgan fingerprint density at radius 1 is 1.00 bits per heavy atom. The molecule has 2 aromatic carbocycles. The van der Waals surface area contributed by atoms with Crippen molar-refractivity contribution in [2.45, 2.75) is 33.4 Å². The largest absolute Gasteiger partial charge is 0.489 e. The van der Waals surface area contributed by atoms with Gasteiger partial charge >= 0.3 is 0 Å². The smallest absolute Gasteiger partial charge is 0.119 e. The predicted octanol–water partition coefficient (Wildman–Crippen LogP) is 3.90. The highest BCUT2D eigenvalue weighted by molar-refractivity contribution is 5.31. The van der Waals surface area contributed by atoms with Crippen molar-refractivity contribution >= 4 is 0 Å². The first-order valence-corrected chi connectivity index (χ1v) is 6.60. The summed E-state index contributed by atoms with van der Waals surface area (Å²) in [7, 11) is 0. The van der Waals surface area contributed by atoms with Crippen LogP contribution in [0.15, 0.2) is 42.5 Å². The summed E-state index contributed by atoms with van der Waals surface area (Å²) < 4.78 is 5.80. The van der Waals surface area contributed by atoms with E-state index < -0.39 is 0 Å². The summed E-state index contributed by atoms with van der Waals surface area (Å²) in [6.07, 6.45) is 0. The van der Waals surface area contributed by atoms with Gasteiger partial charge in [0.05, 0.1) is 0 Å². The second-order valence-electron chi connectivity index (χ2n) is 5.14. The Labute approximate surface area is 115 Å². The van der Waals surface area contributed by atoms with E-state index in [4.69, 9.17) is 10.5 Å². The minimum absolute atomic E-state index is 0.0634. The third kappa shape index (κ3) is 3.83. The minimum atomic E-state index is 0.0634. The Balaban J connectivity index is 2.02. The van der Waals surface area contributed by atoms with Gasteiger partial charge in [-0.25, -0.2) is 0 Å². The predicted molar refractivity (Wildman–Crippen MR) is 79.3 cm³/mol. The van der Waals surface area contributed by atoms with Gasteiger partial charge in [-0.05, 0) is 44.0 Å². The maximum absolute atomic E-state index is 5.82. The van der Waals surface area contributed by atoms with Crippen molar-refractivity contribution in [1.82, 2.24) is 0 Å². The zero-order chi connectivity index (χ0) is 13.8. The summed E-state index contributed by atoms with van der Waals surface area (Å²) in [6, 6.07) is 14.5. The summed E-state index contributed by atoms with van der Waals surface area (Å²) in [6.45, 7) is 6.79. The van der Waals surface area contributed by atoms with Crippen molar-refractivity contribution in [3.05, 3.63) is 64.7 Å². The Morgan fingerprint density at radius 3 is 2.11 bits per heavy atom. The van der Waals surface area contributed by atoms with Gasteiger partial charge < -0.3 is 10.5 Å². The van der Waals surface area contributed by atoms with Crippen molar-refractivity contribution in [2.75, 3.05) is 0 Å².